The Labute approximate surface area is 154 Å². The molecule has 1 aliphatic rings. The average Bonchev–Trinajstić information content (AvgIpc) is 3.00. The number of aliphatic hydroxyl groups excluding tert-OH is 1. The molecule has 27 heavy (non-hydrogen) atoms. The molecular weight excluding hydrogens is 358 g/mol. The maximum absolute atomic E-state index is 12.3. The average molecular weight is 383 g/mol. The molecule has 0 spiro atoms. The third kappa shape index (κ3) is 4.81. The number of nitrogens with zero attached hydrogens (tertiary/aromatic N) is 1. The molecule has 1 aliphatic heterocycles. The normalized spacial score (nSPS) is 24.3. The molecule has 2 rings (SSSR count). The predicted molar refractivity (Wildman–Crippen MR) is 94.9 cm³/mol. The number of hydrogen-bond donors (Lipinski definition) is 5. The van der Waals surface area contributed by atoms with E-state index in [1.165, 1.54) is 24.6 Å². The van der Waals surface area contributed by atoms with Crippen LogP contribution in [0.4, 0.5) is 0 Å². The molecule has 2 heterocycles. The van der Waals surface area contributed by atoms with Crippen molar-refractivity contribution < 1.29 is 19.4 Å². The van der Waals surface area contributed by atoms with Crippen molar-refractivity contribution in [3.8, 4) is 0 Å². The van der Waals surface area contributed by atoms with Crippen LogP contribution in [0.25, 0.3) is 0 Å². The van der Waals surface area contributed by atoms with Crippen LogP contribution in [0.5, 0.6) is 0 Å². The first kappa shape index (κ1) is 20.8. The Hall–Kier alpha value is -2.50. The summed E-state index contributed by atoms with van der Waals surface area (Å²) in [6.45, 7) is 4.18. The number of H-pyrrole nitrogens is 1. The van der Waals surface area contributed by atoms with Gasteiger partial charge >= 0.3 is 5.69 Å². The van der Waals surface area contributed by atoms with Gasteiger partial charge in [0.25, 0.3) is 5.56 Å². The second kappa shape index (κ2) is 8.46. The lowest BCUT2D eigenvalue weighted by Gasteiger charge is -2.21. The zero-order valence-electron chi connectivity index (χ0n) is 15.4. The second-order valence-corrected chi connectivity index (χ2v) is 6.66. The summed E-state index contributed by atoms with van der Waals surface area (Å²) in [5.41, 5.74) is 4.66. The molecule has 11 nitrogen and oxygen atoms in total. The Kier molecular flexibility index (Phi) is 6.52. The quantitative estimate of drug-likeness (QED) is 0.360. The van der Waals surface area contributed by atoms with E-state index in [0.29, 0.717) is 5.56 Å². The van der Waals surface area contributed by atoms with Crippen LogP contribution >= 0.6 is 0 Å². The van der Waals surface area contributed by atoms with E-state index in [9.17, 15) is 24.3 Å². The first-order valence-corrected chi connectivity index (χ1v) is 8.58. The summed E-state index contributed by atoms with van der Waals surface area (Å²) in [6, 6.07) is -2.17. The van der Waals surface area contributed by atoms with E-state index in [-0.39, 0.29) is 13.0 Å². The van der Waals surface area contributed by atoms with Gasteiger partial charge in [-0.2, -0.15) is 0 Å². The fourth-order valence-electron chi connectivity index (χ4n) is 2.74. The highest BCUT2D eigenvalue weighted by Crippen LogP contribution is 2.27. The van der Waals surface area contributed by atoms with Gasteiger partial charge in [0.1, 0.15) is 18.4 Å². The van der Waals surface area contributed by atoms with Crippen molar-refractivity contribution in [1.29, 1.82) is 0 Å². The SMILES string of the molecule is Cc1cn([C@H]2C[C@H](NC(=O)[C@H](C)NC(=O)[C@H](C)N)[C@@H](CO)O2)c(=O)[nH]c1=O. The molecule has 150 valence electrons. The number of carbonyl (C=O) groups excluding carboxylic acids is 2. The number of nitrogens with one attached hydrogen (secondary N) is 3. The van der Waals surface area contributed by atoms with Crippen LogP contribution in [0.2, 0.25) is 0 Å². The first-order valence-electron chi connectivity index (χ1n) is 8.58. The minimum Gasteiger partial charge on any atom is -0.394 e. The molecule has 5 atom stereocenters. The maximum atomic E-state index is 12.3. The van der Waals surface area contributed by atoms with Crippen LogP contribution in [0.3, 0.4) is 0 Å². The molecular formula is C16H25N5O6. The van der Waals surface area contributed by atoms with E-state index in [1.54, 1.807) is 6.92 Å². The largest absolute Gasteiger partial charge is 0.394 e. The van der Waals surface area contributed by atoms with Gasteiger partial charge < -0.3 is 26.2 Å². The zero-order chi connectivity index (χ0) is 20.3. The van der Waals surface area contributed by atoms with E-state index < -0.39 is 53.5 Å². The van der Waals surface area contributed by atoms with Gasteiger partial charge in [0, 0.05) is 18.2 Å². The van der Waals surface area contributed by atoms with Crippen LogP contribution in [-0.2, 0) is 14.3 Å². The maximum Gasteiger partial charge on any atom is 0.330 e. The number of aryl methyl sites for hydroxylation is 1. The number of amides is 2. The highest BCUT2D eigenvalue weighted by Gasteiger charge is 2.38. The number of rotatable bonds is 6. The van der Waals surface area contributed by atoms with Gasteiger partial charge in [0.05, 0.1) is 18.7 Å². The van der Waals surface area contributed by atoms with Crippen LogP contribution in [0.1, 0.15) is 32.1 Å². The molecule has 0 unspecified atom stereocenters. The minimum absolute atomic E-state index is 0.205. The second-order valence-electron chi connectivity index (χ2n) is 6.66. The lowest BCUT2D eigenvalue weighted by atomic mass is 10.1. The number of aliphatic hydroxyl groups is 1. The molecule has 0 saturated carbocycles. The molecule has 0 radical (unpaired) electrons. The highest BCUT2D eigenvalue weighted by molar-refractivity contribution is 5.89. The summed E-state index contributed by atoms with van der Waals surface area (Å²) in [5.74, 6) is -0.936. The van der Waals surface area contributed by atoms with Crippen molar-refractivity contribution in [3.63, 3.8) is 0 Å². The van der Waals surface area contributed by atoms with Crippen LogP contribution in [-0.4, -0.2) is 57.3 Å². The van der Waals surface area contributed by atoms with Crippen LogP contribution < -0.4 is 27.6 Å². The zero-order valence-corrected chi connectivity index (χ0v) is 15.4. The van der Waals surface area contributed by atoms with Crippen molar-refractivity contribution in [2.75, 3.05) is 6.61 Å². The predicted octanol–water partition coefficient (Wildman–Crippen LogP) is -2.54. The van der Waals surface area contributed by atoms with Gasteiger partial charge in [-0.25, -0.2) is 4.79 Å². The Morgan fingerprint density at radius 1 is 1.41 bits per heavy atom. The van der Waals surface area contributed by atoms with E-state index >= 15 is 0 Å². The van der Waals surface area contributed by atoms with E-state index in [1.807, 2.05) is 0 Å². The van der Waals surface area contributed by atoms with Gasteiger partial charge in [-0.3, -0.25) is 23.9 Å². The molecule has 11 heteroatoms. The number of carbonyl (C=O) groups is 2. The number of aromatic amines is 1. The number of hydrogen-bond acceptors (Lipinski definition) is 7. The fraction of sp³-hybridized carbons (Fsp3) is 0.625. The van der Waals surface area contributed by atoms with E-state index in [0.717, 1.165) is 0 Å². The molecule has 0 bridgehead atoms. The number of nitrogens with two attached hydrogens (primary N) is 1. The van der Waals surface area contributed by atoms with Gasteiger partial charge in [0.2, 0.25) is 11.8 Å². The molecule has 2 amide bonds. The third-order valence-corrected chi connectivity index (χ3v) is 4.37. The molecule has 0 aromatic carbocycles. The minimum atomic E-state index is -0.833. The number of ether oxygens (including phenoxy) is 1. The highest BCUT2D eigenvalue weighted by atomic mass is 16.5. The van der Waals surface area contributed by atoms with Gasteiger partial charge in [-0.15, -0.1) is 0 Å². The Bertz CT molecular complexity index is 816. The molecule has 1 fully saturated rings. The van der Waals surface area contributed by atoms with Crippen molar-refractivity contribution >= 4 is 11.8 Å². The lowest BCUT2D eigenvalue weighted by molar-refractivity contribution is -0.129. The Morgan fingerprint density at radius 2 is 2.07 bits per heavy atom. The fourth-order valence-corrected chi connectivity index (χ4v) is 2.74. The van der Waals surface area contributed by atoms with E-state index in [2.05, 4.69) is 15.6 Å². The molecule has 0 aliphatic carbocycles. The van der Waals surface area contributed by atoms with Crippen molar-refractivity contribution in [1.82, 2.24) is 20.2 Å². The summed E-state index contributed by atoms with van der Waals surface area (Å²) in [4.78, 5) is 49.6. The van der Waals surface area contributed by atoms with Crippen molar-refractivity contribution in [2.45, 2.75) is 57.6 Å². The van der Waals surface area contributed by atoms with E-state index in [4.69, 9.17) is 10.5 Å². The van der Waals surface area contributed by atoms with Gasteiger partial charge in [-0.1, -0.05) is 0 Å². The molecule has 6 N–H and O–H groups in total. The monoisotopic (exact) mass is 383 g/mol. The molecule has 1 aromatic heterocycles. The van der Waals surface area contributed by atoms with Gasteiger partial charge in [-0.05, 0) is 20.8 Å². The lowest BCUT2D eigenvalue weighted by Crippen LogP contribution is -2.53. The Morgan fingerprint density at radius 3 is 2.67 bits per heavy atom. The summed E-state index contributed by atoms with van der Waals surface area (Å²) in [7, 11) is 0. The smallest absolute Gasteiger partial charge is 0.330 e. The summed E-state index contributed by atoms with van der Waals surface area (Å²) in [6.07, 6.45) is 0.0746. The topological polar surface area (TPSA) is 169 Å². The summed E-state index contributed by atoms with van der Waals surface area (Å²) >= 11 is 0. The molecule has 1 saturated heterocycles. The summed E-state index contributed by atoms with van der Waals surface area (Å²) in [5, 5.41) is 14.7. The summed E-state index contributed by atoms with van der Waals surface area (Å²) < 4.78 is 6.87. The third-order valence-electron chi connectivity index (χ3n) is 4.37. The van der Waals surface area contributed by atoms with Crippen molar-refractivity contribution in [2.24, 2.45) is 5.73 Å². The van der Waals surface area contributed by atoms with Crippen LogP contribution in [0.15, 0.2) is 15.8 Å². The van der Waals surface area contributed by atoms with Crippen molar-refractivity contribution in [3.05, 3.63) is 32.6 Å². The van der Waals surface area contributed by atoms with Gasteiger partial charge in [0.15, 0.2) is 0 Å². The Balaban J connectivity index is 2.09. The standard InChI is InChI=1S/C16H25N5O6/c1-7-5-21(16(26)20-13(7)23)12-4-10(11(6-22)27-12)19-15(25)9(3)18-14(24)8(2)17/h5,8-12,22H,4,6,17H2,1-3H3,(H,18,24)(H,19,25)(H,20,23,26)/t8-,9-,10-,11+,12+/m0/s1. The first-order chi connectivity index (χ1) is 12.6. The van der Waals surface area contributed by atoms with Crippen LogP contribution in [0, 0.1) is 6.92 Å². The number of aromatic nitrogens is 2. The molecule has 1 aromatic rings.